The highest BCUT2D eigenvalue weighted by Gasteiger charge is 2.60. The molecule has 600 valence electrons. The van der Waals surface area contributed by atoms with Gasteiger partial charge in [0, 0.05) is 32.0 Å². The number of amides is 1. The largest absolute Gasteiger partial charge is 0.479 e. The lowest BCUT2D eigenvalue weighted by molar-refractivity contribution is -0.379. The number of esters is 4. The molecule has 4 aliphatic rings. The van der Waals surface area contributed by atoms with E-state index in [9.17, 15) is 54.0 Å². The van der Waals surface area contributed by atoms with Crippen molar-refractivity contribution in [3.63, 3.8) is 0 Å². The molecule has 114 heavy (non-hydrogen) atoms. The quantitative estimate of drug-likeness (QED) is 0.0220. The zero-order valence-electron chi connectivity index (χ0n) is 62.4. The molecule has 0 spiro atoms. The molecule has 0 bridgehead atoms. The number of carbonyl (C=O) groups excluding carboxylic acids is 5. The van der Waals surface area contributed by atoms with Crippen LogP contribution in [0.1, 0.15) is 77.5 Å². The average molecular weight is 1570 g/mol. The van der Waals surface area contributed by atoms with E-state index in [4.69, 9.17) is 75.8 Å². The van der Waals surface area contributed by atoms with Crippen molar-refractivity contribution < 1.29 is 130 Å². The van der Waals surface area contributed by atoms with E-state index < -0.39 is 171 Å². The predicted molar refractivity (Wildman–Crippen MR) is 400 cm³/mol. The van der Waals surface area contributed by atoms with Crippen molar-refractivity contribution in [1.82, 2.24) is 4.90 Å². The monoisotopic (exact) mass is 1570 g/mol. The lowest BCUT2D eigenvalue weighted by atomic mass is 9.89. The normalized spacial score (nSPS) is 27.3. The number of ether oxygens (including phenoxy) is 16. The molecule has 4 aliphatic heterocycles. The van der Waals surface area contributed by atoms with Gasteiger partial charge in [0.2, 0.25) is 0 Å². The first-order chi connectivity index (χ1) is 55.4. The number of hydrogen-bond acceptors (Lipinski definition) is 25. The molecule has 20 atom stereocenters. The van der Waals surface area contributed by atoms with E-state index in [-0.39, 0.29) is 68.4 Å². The van der Waals surface area contributed by atoms with E-state index in [0.29, 0.717) is 5.56 Å². The van der Waals surface area contributed by atoms with Crippen molar-refractivity contribution in [1.29, 1.82) is 0 Å². The van der Waals surface area contributed by atoms with Crippen LogP contribution in [0.5, 0.6) is 0 Å². The minimum atomic E-state index is -2.34. The van der Waals surface area contributed by atoms with Crippen LogP contribution in [0.2, 0.25) is 0 Å². The third-order valence-electron chi connectivity index (χ3n) is 19.8. The summed E-state index contributed by atoms with van der Waals surface area (Å²) >= 11 is 0. The van der Waals surface area contributed by atoms with Crippen LogP contribution >= 0.6 is 0 Å². The van der Waals surface area contributed by atoms with Gasteiger partial charge in [-0.2, -0.15) is 0 Å². The molecule has 4 saturated heterocycles. The number of carboxylic acid groups (broad SMARTS) is 2. The summed E-state index contributed by atoms with van der Waals surface area (Å²) in [6.07, 6.45) is -33.4. The molecule has 28 nitrogen and oxygen atoms in total. The molecular weight excluding hydrogens is 1480 g/mol. The summed E-state index contributed by atoms with van der Waals surface area (Å²) in [6, 6.07) is 67.5. The zero-order valence-corrected chi connectivity index (χ0v) is 62.4. The van der Waals surface area contributed by atoms with Crippen LogP contribution in [0.15, 0.2) is 243 Å². The highest BCUT2D eigenvalue weighted by Crippen LogP contribution is 2.41. The van der Waals surface area contributed by atoms with Crippen molar-refractivity contribution >= 4 is 41.9 Å². The van der Waals surface area contributed by atoms with Crippen molar-refractivity contribution in [2.24, 2.45) is 11.8 Å². The topological polar surface area (TPSA) is 351 Å². The van der Waals surface area contributed by atoms with Gasteiger partial charge >= 0.3 is 41.9 Å². The molecule has 12 rings (SSSR count). The van der Waals surface area contributed by atoms with Gasteiger partial charge in [-0.05, 0) is 70.8 Å². The molecular formula is C86H89NO27. The van der Waals surface area contributed by atoms with Crippen molar-refractivity contribution in [2.45, 2.75) is 151 Å². The Morgan fingerprint density at radius 3 is 1.07 bits per heavy atom. The van der Waals surface area contributed by atoms with Crippen molar-refractivity contribution in [3.8, 4) is 0 Å². The Kier molecular flexibility index (Phi) is 29.3. The summed E-state index contributed by atoms with van der Waals surface area (Å²) in [5.74, 6) is -9.65. The van der Waals surface area contributed by atoms with Gasteiger partial charge in [0.25, 0.3) is 0 Å². The van der Waals surface area contributed by atoms with Gasteiger partial charge in [-0.1, -0.05) is 208 Å². The maximum atomic E-state index is 14.9. The van der Waals surface area contributed by atoms with E-state index in [0.717, 1.165) is 23.8 Å². The van der Waals surface area contributed by atoms with Crippen LogP contribution in [-0.2, 0) is 112 Å². The maximum Gasteiger partial charge on any atom is 0.410 e. The molecule has 28 heteroatoms. The molecule has 0 aromatic heterocycles. The van der Waals surface area contributed by atoms with Crippen LogP contribution in [0, 0.1) is 11.8 Å². The second kappa shape index (κ2) is 40.4. The molecule has 4 heterocycles. The van der Waals surface area contributed by atoms with Crippen LogP contribution in [-0.4, -0.2) is 211 Å². The fraction of sp³-hybridized carbons (Fsp3) is 0.360. The van der Waals surface area contributed by atoms with E-state index in [1.165, 1.54) is 60.4 Å². The zero-order chi connectivity index (χ0) is 80.0. The van der Waals surface area contributed by atoms with E-state index in [2.05, 4.69) is 0 Å². The van der Waals surface area contributed by atoms with Crippen LogP contribution < -0.4 is 0 Å². The molecule has 0 saturated carbocycles. The standard InChI is InChI=1S/C86H89NO27/c1-52-66(62(50-100-47-55-30-14-5-15-31-55)104-82(68(52)106-78(94)58-36-20-8-21-37-58)102-45-44-87(46-54-28-12-4-13-29-54)86(98)103-49-57-34-18-7-19-35-57)111-85-75(109-81(97)61-42-26-11-27-43-61)71(65(89)73(114-85)77(92)93)112-83-69(107-79(95)59-38-22-9-23-39-59)53(2)67(63(105-83)51-101-48-56-32-16-6-17-33-56)110-84-74(108-80(96)60-40-24-10-25-41-60)70(99-3)64(88)72(113-84)76(90)91/h4-43,52-53,62-75,82-85,88-89H,44-51H2,1-3H3,(H,90,91)(H,92,93). The SMILES string of the molecule is COC1C(O)C(C(=O)O)OC(OC2C(COCc3ccccc3)OC(OC3C(O)C(C(=O)O)OC(OC4C(COCc5ccccc5)OC(OCCN(Cc5ccccc5)C(=O)OCc5ccccc5)C(OC(=O)c5ccccc5)C4C)C3OC(=O)c3ccccc3)C(OC(=O)c3ccccc3)C2C)C1OC(=O)c1ccccc1. The van der Waals surface area contributed by atoms with Crippen molar-refractivity contribution in [2.75, 3.05) is 33.5 Å². The molecule has 20 unspecified atom stereocenters. The second-order valence-corrected chi connectivity index (χ2v) is 27.6. The number of benzene rings is 8. The van der Waals surface area contributed by atoms with Gasteiger partial charge < -0.3 is 101 Å². The third kappa shape index (κ3) is 21.4. The summed E-state index contributed by atoms with van der Waals surface area (Å²) < 4.78 is 103. The number of aliphatic carboxylic acids is 2. The number of nitrogens with zero attached hydrogens (tertiary/aromatic N) is 1. The number of aliphatic hydroxyl groups excluding tert-OH is 2. The van der Waals surface area contributed by atoms with Gasteiger partial charge in [-0.25, -0.2) is 33.6 Å². The van der Waals surface area contributed by atoms with Gasteiger partial charge in [0.05, 0.1) is 67.5 Å². The molecule has 8 aromatic rings. The second-order valence-electron chi connectivity index (χ2n) is 27.6. The van der Waals surface area contributed by atoms with Gasteiger partial charge in [-0.15, -0.1) is 0 Å². The average Bonchev–Trinajstić information content (AvgIpc) is 0.759. The van der Waals surface area contributed by atoms with Crippen LogP contribution in [0.4, 0.5) is 4.79 Å². The first-order valence-corrected chi connectivity index (χ1v) is 37.2. The Labute approximate surface area is 657 Å². The minimum Gasteiger partial charge on any atom is -0.479 e. The molecule has 4 fully saturated rings. The molecule has 0 radical (unpaired) electrons. The first kappa shape index (κ1) is 82.8. The lowest BCUT2D eigenvalue weighted by Gasteiger charge is -2.50. The van der Waals surface area contributed by atoms with Crippen LogP contribution in [0.3, 0.4) is 0 Å². The minimum absolute atomic E-state index is 0.00918. The molecule has 1 amide bonds. The Bertz CT molecular complexity index is 4370. The number of hydrogen-bond donors (Lipinski definition) is 4. The highest BCUT2D eigenvalue weighted by molar-refractivity contribution is 5.91. The molecule has 4 N–H and O–H groups in total. The predicted octanol–water partition coefficient (Wildman–Crippen LogP) is 9.41. The van der Waals surface area contributed by atoms with Gasteiger partial charge in [-0.3, -0.25) is 0 Å². The molecule has 0 aliphatic carbocycles. The smallest absolute Gasteiger partial charge is 0.410 e. The lowest BCUT2D eigenvalue weighted by Crippen LogP contribution is -2.67. The summed E-state index contributed by atoms with van der Waals surface area (Å²) in [4.78, 5) is 101. The summed E-state index contributed by atoms with van der Waals surface area (Å²) in [5.41, 5.74) is 3.10. The number of rotatable bonds is 33. The first-order valence-electron chi connectivity index (χ1n) is 37.2. The van der Waals surface area contributed by atoms with Gasteiger partial charge in [0.15, 0.2) is 61.8 Å². The summed E-state index contributed by atoms with van der Waals surface area (Å²) in [5, 5.41) is 46.1. The Hall–Kier alpha value is -10.7. The maximum absolute atomic E-state index is 14.9. The number of aliphatic hydroxyl groups is 2. The van der Waals surface area contributed by atoms with Gasteiger partial charge in [0.1, 0.15) is 43.2 Å². The molecule has 8 aromatic carbocycles. The Balaban J connectivity index is 0.917. The Morgan fingerprint density at radius 2 is 0.684 bits per heavy atom. The fourth-order valence-corrected chi connectivity index (χ4v) is 13.8. The number of methoxy groups -OCH3 is 1. The van der Waals surface area contributed by atoms with Crippen molar-refractivity contribution in [3.05, 3.63) is 287 Å². The summed E-state index contributed by atoms with van der Waals surface area (Å²) in [7, 11) is 1.15. The Morgan fingerprint density at radius 1 is 0.368 bits per heavy atom. The van der Waals surface area contributed by atoms with E-state index in [1.807, 2.05) is 91.0 Å². The van der Waals surface area contributed by atoms with Crippen LogP contribution in [0.25, 0.3) is 0 Å². The fourth-order valence-electron chi connectivity index (χ4n) is 13.8. The summed E-state index contributed by atoms with van der Waals surface area (Å²) in [6.45, 7) is 2.07. The van der Waals surface area contributed by atoms with E-state index >= 15 is 0 Å². The van der Waals surface area contributed by atoms with E-state index in [1.54, 1.807) is 110 Å². The third-order valence-corrected chi connectivity index (χ3v) is 19.8. The number of carboxylic acids is 2. The number of carbonyl (C=O) groups is 7. The highest BCUT2D eigenvalue weighted by atomic mass is 16.8.